The molecule has 3 rings (SSSR count). The summed E-state index contributed by atoms with van der Waals surface area (Å²) in [5.41, 5.74) is 2.38. The Kier molecular flexibility index (Phi) is 4.86. The summed E-state index contributed by atoms with van der Waals surface area (Å²) in [4.78, 5) is 12.7. The van der Waals surface area contributed by atoms with Crippen molar-refractivity contribution in [3.05, 3.63) is 64.2 Å². The molecule has 0 saturated carbocycles. The van der Waals surface area contributed by atoms with E-state index in [9.17, 15) is 13.2 Å². The molecule has 0 aromatic heterocycles. The number of hydrogen-bond acceptors (Lipinski definition) is 3. The van der Waals surface area contributed by atoms with Crippen molar-refractivity contribution >= 4 is 27.5 Å². The lowest BCUT2D eigenvalue weighted by Crippen LogP contribution is -2.52. The van der Waals surface area contributed by atoms with Gasteiger partial charge >= 0.3 is 0 Å². The maximum Gasteiger partial charge on any atom is 0.244 e. The molecule has 1 atom stereocenters. The van der Waals surface area contributed by atoms with E-state index < -0.39 is 16.1 Å². The first kappa shape index (κ1) is 17.9. The number of amides is 1. The Morgan fingerprint density at radius 3 is 2.52 bits per heavy atom. The van der Waals surface area contributed by atoms with Gasteiger partial charge in [-0.1, -0.05) is 35.9 Å². The van der Waals surface area contributed by atoms with Crippen LogP contribution in [0.1, 0.15) is 22.7 Å². The predicted molar refractivity (Wildman–Crippen MR) is 97.0 cm³/mol. The van der Waals surface area contributed by atoms with Crippen LogP contribution in [0, 0.1) is 13.8 Å². The molecule has 5 nitrogen and oxygen atoms in total. The van der Waals surface area contributed by atoms with Crippen LogP contribution < -0.4 is 5.32 Å². The molecule has 1 aliphatic rings. The SMILES string of the molecule is Cc1ccc(S(=O)(=O)N2CCNC(=O)C2c2ccccc2Cl)cc1C. The summed E-state index contributed by atoms with van der Waals surface area (Å²) >= 11 is 6.23. The average molecular weight is 379 g/mol. The fourth-order valence-electron chi connectivity index (χ4n) is 2.91. The predicted octanol–water partition coefficient (Wildman–Crippen LogP) is 2.82. The monoisotopic (exact) mass is 378 g/mol. The van der Waals surface area contributed by atoms with Crippen LogP contribution in [-0.2, 0) is 14.8 Å². The smallest absolute Gasteiger partial charge is 0.244 e. The van der Waals surface area contributed by atoms with Crippen LogP contribution in [0.25, 0.3) is 0 Å². The topological polar surface area (TPSA) is 66.5 Å². The van der Waals surface area contributed by atoms with E-state index in [0.29, 0.717) is 10.6 Å². The molecule has 1 fully saturated rings. The molecular formula is C18H19ClN2O3S. The van der Waals surface area contributed by atoms with Crippen LogP contribution in [0.2, 0.25) is 5.02 Å². The fraction of sp³-hybridized carbons (Fsp3) is 0.278. The highest BCUT2D eigenvalue weighted by Gasteiger charge is 2.40. The fourth-order valence-corrected chi connectivity index (χ4v) is 4.80. The zero-order valence-electron chi connectivity index (χ0n) is 14.0. The third kappa shape index (κ3) is 3.29. The second-order valence-electron chi connectivity index (χ2n) is 6.08. The summed E-state index contributed by atoms with van der Waals surface area (Å²) in [5, 5.41) is 3.09. The first-order valence-corrected chi connectivity index (χ1v) is 9.75. The zero-order valence-corrected chi connectivity index (χ0v) is 15.6. The van der Waals surface area contributed by atoms with Crippen molar-refractivity contribution in [2.24, 2.45) is 0 Å². The number of benzene rings is 2. The lowest BCUT2D eigenvalue weighted by Gasteiger charge is -2.34. The van der Waals surface area contributed by atoms with Gasteiger partial charge in [-0.15, -0.1) is 0 Å². The van der Waals surface area contributed by atoms with Gasteiger partial charge in [0.15, 0.2) is 0 Å². The number of sulfonamides is 1. The van der Waals surface area contributed by atoms with Crippen molar-refractivity contribution in [2.45, 2.75) is 24.8 Å². The van der Waals surface area contributed by atoms with E-state index in [4.69, 9.17) is 11.6 Å². The number of nitrogens with zero attached hydrogens (tertiary/aromatic N) is 1. The molecule has 2 aromatic carbocycles. The molecule has 0 radical (unpaired) electrons. The number of carbonyl (C=O) groups excluding carboxylic acids is 1. The van der Waals surface area contributed by atoms with E-state index in [-0.39, 0.29) is 23.9 Å². The third-order valence-electron chi connectivity index (χ3n) is 4.45. The molecule has 1 amide bonds. The summed E-state index contributed by atoms with van der Waals surface area (Å²) in [5.74, 6) is -0.369. The van der Waals surface area contributed by atoms with Gasteiger partial charge in [-0.05, 0) is 48.7 Å². The Morgan fingerprint density at radius 2 is 1.84 bits per heavy atom. The summed E-state index contributed by atoms with van der Waals surface area (Å²) < 4.78 is 27.6. The van der Waals surface area contributed by atoms with Crippen LogP contribution >= 0.6 is 11.6 Å². The molecule has 25 heavy (non-hydrogen) atoms. The number of piperazine rings is 1. The Bertz CT molecular complexity index is 928. The number of rotatable bonds is 3. The van der Waals surface area contributed by atoms with E-state index >= 15 is 0 Å². The first-order chi connectivity index (χ1) is 11.8. The minimum atomic E-state index is -3.83. The van der Waals surface area contributed by atoms with Crippen LogP contribution in [0.3, 0.4) is 0 Å². The van der Waals surface area contributed by atoms with E-state index in [1.165, 1.54) is 4.31 Å². The van der Waals surface area contributed by atoms with Gasteiger partial charge in [0.25, 0.3) is 0 Å². The molecule has 0 aliphatic carbocycles. The Labute approximate surface area is 152 Å². The van der Waals surface area contributed by atoms with E-state index in [0.717, 1.165) is 11.1 Å². The van der Waals surface area contributed by atoms with Crippen molar-refractivity contribution < 1.29 is 13.2 Å². The normalized spacial score (nSPS) is 18.8. The van der Waals surface area contributed by atoms with Gasteiger partial charge in [0, 0.05) is 18.1 Å². The van der Waals surface area contributed by atoms with Crippen LogP contribution in [0.4, 0.5) is 0 Å². The number of hydrogen-bond donors (Lipinski definition) is 1. The van der Waals surface area contributed by atoms with E-state index in [1.54, 1.807) is 42.5 Å². The molecule has 1 saturated heterocycles. The van der Waals surface area contributed by atoms with Crippen LogP contribution in [-0.4, -0.2) is 31.7 Å². The van der Waals surface area contributed by atoms with Gasteiger partial charge in [0.2, 0.25) is 15.9 Å². The molecular weight excluding hydrogens is 360 g/mol. The molecule has 2 aromatic rings. The van der Waals surface area contributed by atoms with Crippen molar-refractivity contribution in [3.63, 3.8) is 0 Å². The summed E-state index contributed by atoms with van der Waals surface area (Å²) in [6, 6.07) is 10.8. The standard InChI is InChI=1S/C18H19ClN2O3S/c1-12-7-8-14(11-13(12)2)25(23,24)21-10-9-20-18(22)17(21)15-5-3-4-6-16(15)19/h3-8,11,17H,9-10H2,1-2H3,(H,20,22). The molecule has 0 spiro atoms. The highest BCUT2D eigenvalue weighted by atomic mass is 35.5. The zero-order chi connectivity index (χ0) is 18.2. The highest BCUT2D eigenvalue weighted by molar-refractivity contribution is 7.89. The molecule has 0 bridgehead atoms. The summed E-state index contributed by atoms with van der Waals surface area (Å²) in [7, 11) is -3.83. The van der Waals surface area contributed by atoms with Crippen molar-refractivity contribution in [2.75, 3.05) is 13.1 Å². The first-order valence-electron chi connectivity index (χ1n) is 7.93. The minimum absolute atomic E-state index is 0.183. The molecule has 132 valence electrons. The van der Waals surface area contributed by atoms with Crippen molar-refractivity contribution in [1.82, 2.24) is 9.62 Å². The number of carbonyl (C=O) groups is 1. The lowest BCUT2D eigenvalue weighted by atomic mass is 10.0. The van der Waals surface area contributed by atoms with Crippen LogP contribution in [0.15, 0.2) is 47.4 Å². The van der Waals surface area contributed by atoms with Crippen LogP contribution in [0.5, 0.6) is 0 Å². The van der Waals surface area contributed by atoms with E-state index in [2.05, 4.69) is 5.32 Å². The molecule has 1 N–H and O–H groups in total. The molecule has 1 aliphatic heterocycles. The second-order valence-corrected chi connectivity index (χ2v) is 8.37. The average Bonchev–Trinajstić information content (AvgIpc) is 2.58. The minimum Gasteiger partial charge on any atom is -0.353 e. The van der Waals surface area contributed by atoms with E-state index in [1.807, 2.05) is 13.8 Å². The largest absolute Gasteiger partial charge is 0.353 e. The van der Waals surface area contributed by atoms with Gasteiger partial charge in [-0.3, -0.25) is 4.79 Å². The maximum atomic E-state index is 13.2. The van der Waals surface area contributed by atoms with Gasteiger partial charge in [-0.2, -0.15) is 4.31 Å². The molecule has 7 heteroatoms. The Hall–Kier alpha value is -1.89. The quantitative estimate of drug-likeness (QED) is 0.893. The highest BCUT2D eigenvalue weighted by Crippen LogP contribution is 2.33. The van der Waals surface area contributed by atoms with Crippen molar-refractivity contribution in [1.29, 1.82) is 0 Å². The lowest BCUT2D eigenvalue weighted by molar-refractivity contribution is -0.126. The van der Waals surface area contributed by atoms with Crippen molar-refractivity contribution in [3.8, 4) is 0 Å². The Balaban J connectivity index is 2.10. The van der Waals surface area contributed by atoms with Gasteiger partial charge < -0.3 is 5.32 Å². The van der Waals surface area contributed by atoms with Gasteiger partial charge in [0.05, 0.1) is 4.90 Å². The number of halogens is 1. The summed E-state index contributed by atoms with van der Waals surface area (Å²) in [6.45, 7) is 4.25. The maximum absolute atomic E-state index is 13.2. The molecule has 1 unspecified atom stereocenters. The summed E-state index contributed by atoms with van der Waals surface area (Å²) in [6.07, 6.45) is 0. The number of aryl methyl sites for hydroxylation is 2. The number of nitrogens with one attached hydrogen (secondary N) is 1. The third-order valence-corrected chi connectivity index (χ3v) is 6.66. The van der Waals surface area contributed by atoms with Gasteiger partial charge in [0.1, 0.15) is 6.04 Å². The Morgan fingerprint density at radius 1 is 1.12 bits per heavy atom. The second kappa shape index (κ2) is 6.78. The van der Waals surface area contributed by atoms with Gasteiger partial charge in [-0.25, -0.2) is 8.42 Å². The molecule has 1 heterocycles.